The van der Waals surface area contributed by atoms with Gasteiger partial charge in [-0.15, -0.1) is 0 Å². The fraction of sp³-hybridized carbons (Fsp3) is 0.562. The number of nitrogens with one attached hydrogen (secondary N) is 1. The molecule has 0 aliphatic carbocycles. The highest BCUT2D eigenvalue weighted by Gasteiger charge is 2.50. The minimum Gasteiger partial charge on any atom is -0.273 e. The average molecular weight is 451 g/mol. The topological polar surface area (TPSA) is 135 Å². The Balaban J connectivity index is 1.92. The van der Waals surface area contributed by atoms with Gasteiger partial charge in [0.05, 0.1) is 33.3 Å². The van der Waals surface area contributed by atoms with Gasteiger partial charge < -0.3 is 0 Å². The van der Waals surface area contributed by atoms with E-state index in [0.717, 1.165) is 0 Å². The SMILES string of the molecule is Cc1cc(N2C(=O)C(C)(C)CS2(=O)=O)ccc1S(=O)(=O)N[C@H]1CCS(=O)(=O)C1. The minimum absolute atomic E-state index is 0.0666. The summed E-state index contributed by atoms with van der Waals surface area (Å²) in [6.07, 6.45) is 0.203. The lowest BCUT2D eigenvalue weighted by molar-refractivity contribution is -0.123. The quantitative estimate of drug-likeness (QED) is 0.690. The molecule has 1 amide bonds. The molecule has 0 aromatic heterocycles. The van der Waals surface area contributed by atoms with Crippen LogP contribution in [-0.4, -0.2) is 54.5 Å². The Kier molecular flexibility index (Phi) is 4.93. The largest absolute Gasteiger partial charge is 0.273 e. The second kappa shape index (κ2) is 6.51. The maximum absolute atomic E-state index is 12.6. The second-order valence-electron chi connectivity index (χ2n) is 7.88. The van der Waals surface area contributed by atoms with E-state index in [2.05, 4.69) is 4.72 Å². The Hall–Kier alpha value is -1.50. The van der Waals surface area contributed by atoms with E-state index in [1.807, 2.05) is 0 Å². The van der Waals surface area contributed by atoms with Gasteiger partial charge in [0.25, 0.3) is 0 Å². The van der Waals surface area contributed by atoms with E-state index in [4.69, 9.17) is 0 Å². The van der Waals surface area contributed by atoms with Crippen LogP contribution in [0.15, 0.2) is 23.1 Å². The summed E-state index contributed by atoms with van der Waals surface area (Å²) in [5.41, 5.74) is -0.735. The Morgan fingerprint density at radius 1 is 1.18 bits per heavy atom. The molecular formula is C16H22N2O7S3. The van der Waals surface area contributed by atoms with Crippen molar-refractivity contribution in [2.24, 2.45) is 5.41 Å². The van der Waals surface area contributed by atoms with E-state index in [1.54, 1.807) is 0 Å². The first-order chi connectivity index (χ1) is 12.6. The fourth-order valence-electron chi connectivity index (χ4n) is 3.49. The van der Waals surface area contributed by atoms with E-state index in [-0.39, 0.29) is 39.8 Å². The number of carbonyl (C=O) groups excluding carboxylic acids is 1. The molecule has 1 aromatic carbocycles. The van der Waals surface area contributed by atoms with Crippen molar-refractivity contribution in [3.05, 3.63) is 23.8 Å². The smallest absolute Gasteiger partial charge is 0.247 e. The van der Waals surface area contributed by atoms with Crippen molar-refractivity contribution in [2.45, 2.75) is 38.1 Å². The lowest BCUT2D eigenvalue weighted by Gasteiger charge is -2.19. The van der Waals surface area contributed by atoms with Gasteiger partial charge in [0.1, 0.15) is 0 Å². The van der Waals surface area contributed by atoms with Crippen molar-refractivity contribution >= 4 is 41.5 Å². The van der Waals surface area contributed by atoms with Crippen LogP contribution in [0.1, 0.15) is 25.8 Å². The standard InChI is InChI=1S/C16H22N2O7S3/c1-11-8-13(18-15(19)16(2,3)10-27(18,22)23)4-5-14(11)28(24,25)17-12-6-7-26(20,21)9-12/h4-5,8,12,17H,6-7,9-10H2,1-3H3/t12-/m0/s1. The molecule has 0 spiro atoms. The van der Waals surface area contributed by atoms with Gasteiger partial charge in [0, 0.05) is 6.04 Å². The average Bonchev–Trinajstić information content (AvgIpc) is 2.91. The molecule has 1 N–H and O–H groups in total. The van der Waals surface area contributed by atoms with Crippen molar-refractivity contribution < 1.29 is 30.0 Å². The molecule has 12 heteroatoms. The third-order valence-electron chi connectivity index (χ3n) is 4.82. The molecule has 1 aromatic rings. The number of sulfonamides is 2. The zero-order valence-electron chi connectivity index (χ0n) is 15.7. The van der Waals surface area contributed by atoms with Crippen molar-refractivity contribution in [2.75, 3.05) is 21.6 Å². The molecule has 9 nitrogen and oxygen atoms in total. The number of anilines is 1. The van der Waals surface area contributed by atoms with E-state index >= 15 is 0 Å². The molecule has 0 bridgehead atoms. The molecule has 0 unspecified atom stereocenters. The Morgan fingerprint density at radius 2 is 1.82 bits per heavy atom. The van der Waals surface area contributed by atoms with Crippen LogP contribution in [0.5, 0.6) is 0 Å². The van der Waals surface area contributed by atoms with Gasteiger partial charge in [-0.2, -0.15) is 0 Å². The second-order valence-corrected chi connectivity index (χ2v) is 13.6. The molecular weight excluding hydrogens is 428 g/mol. The van der Waals surface area contributed by atoms with Gasteiger partial charge in [0.15, 0.2) is 9.84 Å². The summed E-state index contributed by atoms with van der Waals surface area (Å²) >= 11 is 0. The van der Waals surface area contributed by atoms with E-state index in [0.29, 0.717) is 4.31 Å². The Labute approximate surface area is 165 Å². The zero-order valence-corrected chi connectivity index (χ0v) is 18.1. The number of amides is 1. The highest BCUT2D eigenvalue weighted by Crippen LogP contribution is 2.36. The van der Waals surface area contributed by atoms with Crippen LogP contribution in [0.4, 0.5) is 5.69 Å². The van der Waals surface area contributed by atoms with Gasteiger partial charge in [-0.1, -0.05) is 0 Å². The number of hydrogen-bond acceptors (Lipinski definition) is 7. The molecule has 2 aliphatic rings. The van der Waals surface area contributed by atoms with E-state index in [9.17, 15) is 30.0 Å². The predicted octanol–water partition coefficient (Wildman–Crippen LogP) is 0.163. The number of hydrogen-bond donors (Lipinski definition) is 1. The van der Waals surface area contributed by atoms with E-state index in [1.165, 1.54) is 39.0 Å². The van der Waals surface area contributed by atoms with Crippen LogP contribution in [-0.2, 0) is 34.7 Å². The zero-order chi connectivity index (χ0) is 21.1. The molecule has 1 atom stereocenters. The summed E-state index contributed by atoms with van der Waals surface area (Å²) in [6, 6.07) is 3.13. The summed E-state index contributed by atoms with van der Waals surface area (Å²) < 4.78 is 76.2. The lowest BCUT2D eigenvalue weighted by Crippen LogP contribution is -2.36. The first-order valence-electron chi connectivity index (χ1n) is 8.55. The van der Waals surface area contributed by atoms with Crippen LogP contribution in [0.25, 0.3) is 0 Å². The number of nitrogens with zero attached hydrogens (tertiary/aromatic N) is 1. The maximum Gasteiger partial charge on any atom is 0.247 e. The molecule has 0 saturated carbocycles. The Bertz CT molecular complexity index is 1150. The Morgan fingerprint density at radius 3 is 2.29 bits per heavy atom. The van der Waals surface area contributed by atoms with Crippen molar-refractivity contribution in [1.29, 1.82) is 0 Å². The van der Waals surface area contributed by atoms with Crippen LogP contribution in [0.3, 0.4) is 0 Å². The number of carbonyl (C=O) groups is 1. The molecule has 2 saturated heterocycles. The molecule has 2 fully saturated rings. The van der Waals surface area contributed by atoms with Crippen molar-refractivity contribution in [3.8, 4) is 0 Å². The van der Waals surface area contributed by atoms with Gasteiger partial charge in [0.2, 0.25) is 26.0 Å². The summed E-state index contributed by atoms with van der Waals surface area (Å²) in [4.78, 5) is 12.4. The summed E-state index contributed by atoms with van der Waals surface area (Å²) in [5, 5.41) is 0. The maximum atomic E-state index is 12.6. The molecule has 28 heavy (non-hydrogen) atoms. The number of rotatable bonds is 4. The summed E-state index contributed by atoms with van der Waals surface area (Å²) in [5.74, 6) is -1.21. The van der Waals surface area contributed by atoms with Crippen LogP contribution in [0.2, 0.25) is 0 Å². The van der Waals surface area contributed by atoms with E-state index < -0.39 is 47.2 Å². The van der Waals surface area contributed by atoms with Crippen LogP contribution >= 0.6 is 0 Å². The van der Waals surface area contributed by atoms with Crippen molar-refractivity contribution in [3.63, 3.8) is 0 Å². The lowest BCUT2D eigenvalue weighted by atomic mass is 9.95. The van der Waals surface area contributed by atoms with Gasteiger partial charge in [-0.05, 0) is 51.0 Å². The van der Waals surface area contributed by atoms with Crippen LogP contribution in [0, 0.1) is 12.3 Å². The highest BCUT2D eigenvalue weighted by atomic mass is 32.2. The van der Waals surface area contributed by atoms with Gasteiger partial charge in [-0.25, -0.2) is 34.3 Å². The summed E-state index contributed by atoms with van der Waals surface area (Å²) in [6.45, 7) is 4.57. The number of sulfone groups is 1. The third-order valence-corrected chi connectivity index (χ3v) is 10.3. The monoisotopic (exact) mass is 450 g/mol. The third kappa shape index (κ3) is 3.82. The number of benzene rings is 1. The minimum atomic E-state index is -4.00. The normalized spacial score (nSPS) is 25.9. The molecule has 3 rings (SSSR count). The number of aryl methyl sites for hydroxylation is 1. The fourth-order valence-corrected chi connectivity index (χ4v) is 8.87. The molecule has 156 valence electrons. The predicted molar refractivity (Wildman–Crippen MR) is 104 cm³/mol. The van der Waals surface area contributed by atoms with Gasteiger partial charge in [-0.3, -0.25) is 4.79 Å². The first-order valence-corrected chi connectivity index (χ1v) is 13.5. The summed E-state index contributed by atoms with van der Waals surface area (Å²) in [7, 11) is -11.1. The first kappa shape index (κ1) is 21.2. The van der Waals surface area contributed by atoms with Gasteiger partial charge >= 0.3 is 0 Å². The molecule has 0 radical (unpaired) electrons. The molecule has 2 aliphatic heterocycles. The molecule has 2 heterocycles. The van der Waals surface area contributed by atoms with Crippen LogP contribution < -0.4 is 9.03 Å². The van der Waals surface area contributed by atoms with Crippen molar-refractivity contribution in [1.82, 2.24) is 4.72 Å². The highest BCUT2D eigenvalue weighted by molar-refractivity contribution is 7.94.